The molecule has 2 amide bonds. The predicted molar refractivity (Wildman–Crippen MR) is 153 cm³/mol. The third-order valence-electron chi connectivity index (χ3n) is 6.29. The van der Waals surface area contributed by atoms with Gasteiger partial charge in [-0.2, -0.15) is 0 Å². The molecule has 238 valence electrons. The summed E-state index contributed by atoms with van der Waals surface area (Å²) in [5, 5.41) is 9.45. The monoisotopic (exact) mass is 629 g/mol. The van der Waals surface area contributed by atoms with E-state index in [0.717, 1.165) is 7.11 Å². The Morgan fingerprint density at radius 2 is 1.79 bits per heavy atom. The number of carbonyl (C=O) groups is 3. The van der Waals surface area contributed by atoms with Crippen LogP contribution in [0.5, 0.6) is 5.75 Å². The molecule has 0 bridgehead atoms. The highest BCUT2D eigenvalue weighted by Gasteiger charge is 2.34. The molecular formula is C28H37ClFN3O10. The number of hydrogen-bond donors (Lipinski definition) is 2. The van der Waals surface area contributed by atoms with E-state index in [-0.39, 0.29) is 48.0 Å². The van der Waals surface area contributed by atoms with Gasteiger partial charge in [-0.3, -0.25) is 14.4 Å². The molecule has 0 saturated carbocycles. The predicted octanol–water partition coefficient (Wildman–Crippen LogP) is 2.37. The molecule has 1 aromatic carbocycles. The first-order chi connectivity index (χ1) is 20.7. The Morgan fingerprint density at radius 3 is 2.47 bits per heavy atom. The fraction of sp³-hybridized carbons (Fsp3) is 0.500. The van der Waals surface area contributed by atoms with E-state index >= 15 is 0 Å². The lowest BCUT2D eigenvalue weighted by Gasteiger charge is -2.32. The molecule has 43 heavy (non-hydrogen) atoms. The van der Waals surface area contributed by atoms with Gasteiger partial charge < -0.3 is 43.6 Å². The molecule has 0 aliphatic carbocycles. The molecule has 2 aromatic rings. The van der Waals surface area contributed by atoms with E-state index in [1.54, 1.807) is 18.4 Å². The zero-order chi connectivity index (χ0) is 31.9. The quantitative estimate of drug-likeness (QED) is 0.181. The number of aliphatic hydroxyl groups excluding tert-OH is 1. The molecule has 3 rings (SSSR count). The first-order valence-electron chi connectivity index (χ1n) is 13.5. The summed E-state index contributed by atoms with van der Waals surface area (Å²) in [5.74, 6) is -2.39. The summed E-state index contributed by atoms with van der Waals surface area (Å²) in [4.78, 5) is 53.7. The Labute approximate surface area is 253 Å². The molecule has 0 unspecified atom stereocenters. The molecule has 13 nitrogen and oxygen atoms in total. The highest BCUT2D eigenvalue weighted by atomic mass is 35.5. The highest BCUT2D eigenvalue weighted by Crippen LogP contribution is 2.25. The number of benzene rings is 1. The summed E-state index contributed by atoms with van der Waals surface area (Å²) in [6, 6.07) is 4.37. The molecule has 0 spiro atoms. The number of rotatable bonds is 14. The minimum atomic E-state index is -1.08. The Bertz CT molecular complexity index is 1320. The number of fused-ring (bicyclic) bond motifs is 1. The third-order valence-corrected chi connectivity index (χ3v) is 6.58. The van der Waals surface area contributed by atoms with Crippen molar-refractivity contribution in [2.75, 3.05) is 60.5 Å². The van der Waals surface area contributed by atoms with Gasteiger partial charge in [0.15, 0.2) is 5.69 Å². The first kappa shape index (κ1) is 35.5. The van der Waals surface area contributed by atoms with Gasteiger partial charge in [-0.25, -0.2) is 9.18 Å². The molecule has 2 N–H and O–H groups in total. The summed E-state index contributed by atoms with van der Waals surface area (Å²) in [6.07, 6.45) is -0.839. The Hall–Kier alpha value is -3.72. The van der Waals surface area contributed by atoms with Crippen molar-refractivity contribution in [3.63, 3.8) is 0 Å². The maximum atomic E-state index is 14.4. The van der Waals surface area contributed by atoms with Gasteiger partial charge in [0.1, 0.15) is 18.0 Å². The number of methoxy groups -OCH3 is 1. The van der Waals surface area contributed by atoms with Crippen molar-refractivity contribution in [1.82, 2.24) is 14.8 Å². The van der Waals surface area contributed by atoms with Crippen molar-refractivity contribution in [3.8, 4) is 5.75 Å². The number of aliphatic hydroxyl groups is 1. The van der Waals surface area contributed by atoms with E-state index in [2.05, 4.69) is 5.32 Å². The molecule has 0 radical (unpaired) electrons. The van der Waals surface area contributed by atoms with Gasteiger partial charge in [0.25, 0.3) is 11.8 Å². The maximum absolute atomic E-state index is 14.4. The lowest BCUT2D eigenvalue weighted by Crippen LogP contribution is -2.44. The van der Waals surface area contributed by atoms with Gasteiger partial charge in [-0.05, 0) is 19.4 Å². The molecule has 2 heterocycles. The summed E-state index contributed by atoms with van der Waals surface area (Å²) < 4.78 is 41.2. The van der Waals surface area contributed by atoms with E-state index in [1.807, 2.05) is 0 Å². The van der Waals surface area contributed by atoms with E-state index < -0.39 is 41.8 Å². The molecule has 0 atom stereocenters. The summed E-state index contributed by atoms with van der Waals surface area (Å²) in [6.45, 7) is 4.31. The van der Waals surface area contributed by atoms with Crippen LogP contribution < -0.4 is 15.5 Å². The highest BCUT2D eigenvalue weighted by molar-refractivity contribution is 6.30. The van der Waals surface area contributed by atoms with Crippen molar-refractivity contribution in [1.29, 1.82) is 0 Å². The molecule has 1 aliphatic rings. The second-order valence-electron chi connectivity index (χ2n) is 8.72. The van der Waals surface area contributed by atoms with Gasteiger partial charge in [0.05, 0.1) is 24.8 Å². The van der Waals surface area contributed by atoms with Crippen molar-refractivity contribution >= 4 is 29.6 Å². The van der Waals surface area contributed by atoms with Crippen LogP contribution in [0.3, 0.4) is 0 Å². The Morgan fingerprint density at radius 1 is 1.07 bits per heavy atom. The second-order valence-corrected chi connectivity index (χ2v) is 9.13. The molecule has 0 fully saturated rings. The van der Waals surface area contributed by atoms with Crippen molar-refractivity contribution in [3.05, 3.63) is 61.8 Å². The topological polar surface area (TPSA) is 155 Å². The van der Waals surface area contributed by atoms with Crippen LogP contribution >= 0.6 is 11.6 Å². The largest absolute Gasteiger partial charge is 0.511 e. The van der Waals surface area contributed by atoms with Crippen LogP contribution in [0.1, 0.15) is 46.0 Å². The van der Waals surface area contributed by atoms with Gasteiger partial charge in [-0.15, -0.1) is 0 Å². The zero-order valence-corrected chi connectivity index (χ0v) is 25.3. The number of pyridine rings is 1. The Balaban J connectivity index is 0.00000316. The molecule has 1 aromatic heterocycles. The number of aromatic nitrogens is 1. The van der Waals surface area contributed by atoms with Crippen LogP contribution in [0.15, 0.2) is 23.0 Å². The van der Waals surface area contributed by atoms with Crippen LogP contribution in [-0.4, -0.2) is 93.1 Å². The van der Waals surface area contributed by atoms with Crippen LogP contribution in [0.25, 0.3) is 0 Å². The lowest BCUT2D eigenvalue weighted by molar-refractivity contribution is -0.0128. The number of amides is 2. The van der Waals surface area contributed by atoms with E-state index in [9.17, 15) is 23.6 Å². The van der Waals surface area contributed by atoms with Crippen LogP contribution in [0.4, 0.5) is 9.18 Å². The minimum Gasteiger partial charge on any atom is -0.451 e. The summed E-state index contributed by atoms with van der Waals surface area (Å²) in [7, 11) is 2.53. The fourth-order valence-electron chi connectivity index (χ4n) is 4.27. The number of halogens is 2. The average Bonchev–Trinajstić information content (AvgIpc) is 3.01. The number of hydrogen-bond acceptors (Lipinski definition) is 10. The van der Waals surface area contributed by atoms with Crippen molar-refractivity contribution in [2.24, 2.45) is 0 Å². The molecule has 1 aliphatic heterocycles. The number of carbonyl (C=O) groups excluding carboxylic acids is 3. The normalized spacial score (nSPS) is 12.2. The fourth-order valence-corrected chi connectivity index (χ4v) is 4.46. The third kappa shape index (κ3) is 9.13. The molecule has 15 heteroatoms. The standard InChI is InChI=1S/C27H33ClFN3O9.CH4O/c1-4-19-20(25(34)30-15-17-7-6-8-18(28)21(17)29)23(33)24(22-26(35)31(5-2)9-10-32(19)22)40-16-41-27(36)39-14-13-38-12-11-37-3;1-2/h6-8H,4-5,9-16H2,1-3H3,(H,30,34);2H,1H3. The molecule has 0 saturated heterocycles. The first-order valence-corrected chi connectivity index (χ1v) is 13.9. The van der Waals surface area contributed by atoms with Gasteiger partial charge >= 0.3 is 6.16 Å². The van der Waals surface area contributed by atoms with Crippen molar-refractivity contribution < 1.29 is 47.6 Å². The average molecular weight is 630 g/mol. The second kappa shape index (κ2) is 18.1. The van der Waals surface area contributed by atoms with Gasteiger partial charge in [-0.1, -0.05) is 30.7 Å². The van der Waals surface area contributed by atoms with E-state index in [1.165, 1.54) is 30.2 Å². The van der Waals surface area contributed by atoms with Crippen LogP contribution in [0, 0.1) is 5.82 Å². The van der Waals surface area contributed by atoms with Crippen LogP contribution in [0.2, 0.25) is 5.02 Å². The smallest absolute Gasteiger partial charge is 0.451 e. The van der Waals surface area contributed by atoms with Gasteiger partial charge in [0.2, 0.25) is 18.0 Å². The molecular weight excluding hydrogens is 593 g/mol. The number of ether oxygens (including phenoxy) is 5. The summed E-state index contributed by atoms with van der Waals surface area (Å²) in [5.41, 5.74) is -0.738. The van der Waals surface area contributed by atoms with Gasteiger partial charge in [0, 0.05) is 51.7 Å². The number of likely N-dealkylation sites (N-methyl/N-ethyl adjacent to an activating group) is 1. The Kier molecular flexibility index (Phi) is 14.9. The SMILES string of the molecule is CCc1c(C(=O)NCc2cccc(Cl)c2F)c(=O)c(OCOC(=O)OCCOCCOC)c2n1CCN(CC)C2=O.CO. The van der Waals surface area contributed by atoms with E-state index in [0.29, 0.717) is 38.5 Å². The van der Waals surface area contributed by atoms with E-state index in [4.69, 9.17) is 40.4 Å². The number of nitrogens with zero attached hydrogens (tertiary/aromatic N) is 2. The number of nitrogens with one attached hydrogen (secondary N) is 1. The minimum absolute atomic E-state index is 0.0547. The van der Waals surface area contributed by atoms with Crippen molar-refractivity contribution in [2.45, 2.75) is 33.4 Å². The lowest BCUT2D eigenvalue weighted by atomic mass is 10.0. The summed E-state index contributed by atoms with van der Waals surface area (Å²) >= 11 is 5.83. The maximum Gasteiger partial charge on any atom is 0.511 e. The van der Waals surface area contributed by atoms with Crippen LogP contribution in [-0.2, 0) is 38.5 Å². The zero-order valence-electron chi connectivity index (χ0n) is 24.6.